The van der Waals surface area contributed by atoms with Gasteiger partial charge in [0.2, 0.25) is 6.86 Å². The summed E-state index contributed by atoms with van der Waals surface area (Å²) in [7, 11) is 0. The molecule has 1 aromatic carbocycles. The summed E-state index contributed by atoms with van der Waals surface area (Å²) in [4.78, 5) is 10.2. The van der Waals surface area contributed by atoms with Crippen LogP contribution in [-0.4, -0.2) is 17.9 Å². The van der Waals surface area contributed by atoms with Gasteiger partial charge in [-0.1, -0.05) is 18.2 Å². The third-order valence-corrected chi connectivity index (χ3v) is 1.53. The Kier molecular flexibility index (Phi) is 3.67. The molecular weight excluding hydrogens is 187 g/mol. The number of hydrogen-bond donors (Lipinski definition) is 1. The van der Waals surface area contributed by atoms with Crippen molar-refractivity contribution in [3.63, 3.8) is 0 Å². The number of ether oxygens (including phenoxy) is 1. The highest BCUT2D eigenvalue weighted by Crippen LogP contribution is 2.19. The molecular formula is C10H9FO3. The number of rotatable bonds is 4. The summed E-state index contributed by atoms with van der Waals surface area (Å²) in [5, 5.41) is 8.39. The van der Waals surface area contributed by atoms with Crippen molar-refractivity contribution >= 4 is 12.0 Å². The molecule has 0 aliphatic rings. The van der Waals surface area contributed by atoms with Crippen LogP contribution in [-0.2, 0) is 4.79 Å². The fraction of sp³-hybridized carbons (Fsp3) is 0.100. The van der Waals surface area contributed by atoms with Crippen molar-refractivity contribution in [1.29, 1.82) is 0 Å². The smallest absolute Gasteiger partial charge is 0.328 e. The molecule has 0 saturated carbocycles. The number of aliphatic carboxylic acids is 1. The number of carboxylic acids is 1. The Morgan fingerprint density at radius 3 is 2.86 bits per heavy atom. The van der Waals surface area contributed by atoms with E-state index in [1.807, 2.05) is 0 Å². The van der Waals surface area contributed by atoms with E-state index in [0.29, 0.717) is 11.3 Å². The second kappa shape index (κ2) is 5.01. The molecule has 1 aromatic rings. The van der Waals surface area contributed by atoms with Crippen LogP contribution in [0.25, 0.3) is 6.08 Å². The molecule has 1 rings (SSSR count). The van der Waals surface area contributed by atoms with Gasteiger partial charge in [-0.3, -0.25) is 0 Å². The van der Waals surface area contributed by atoms with Crippen LogP contribution in [0.15, 0.2) is 30.3 Å². The van der Waals surface area contributed by atoms with E-state index in [9.17, 15) is 9.18 Å². The first-order valence-corrected chi connectivity index (χ1v) is 3.93. The monoisotopic (exact) mass is 196 g/mol. The maximum atomic E-state index is 11.9. The molecule has 0 atom stereocenters. The first-order chi connectivity index (χ1) is 6.74. The molecule has 14 heavy (non-hydrogen) atoms. The van der Waals surface area contributed by atoms with Gasteiger partial charge in [-0.15, -0.1) is 0 Å². The van der Waals surface area contributed by atoms with Crippen LogP contribution in [0.2, 0.25) is 0 Å². The zero-order valence-corrected chi connectivity index (χ0v) is 7.31. The minimum absolute atomic E-state index is 0.326. The number of benzene rings is 1. The highest BCUT2D eigenvalue weighted by molar-refractivity contribution is 5.85. The minimum Gasteiger partial charge on any atom is -0.478 e. The molecule has 0 amide bonds. The molecule has 0 aromatic heterocycles. The van der Waals surface area contributed by atoms with Crippen molar-refractivity contribution < 1.29 is 19.0 Å². The van der Waals surface area contributed by atoms with Gasteiger partial charge in [0, 0.05) is 11.6 Å². The Bertz CT molecular complexity index is 347. The van der Waals surface area contributed by atoms with Crippen LogP contribution < -0.4 is 4.74 Å². The zero-order chi connectivity index (χ0) is 10.4. The molecule has 0 saturated heterocycles. The Morgan fingerprint density at radius 2 is 2.21 bits per heavy atom. The van der Waals surface area contributed by atoms with Gasteiger partial charge < -0.3 is 9.84 Å². The summed E-state index contributed by atoms with van der Waals surface area (Å²) in [6, 6.07) is 6.61. The highest BCUT2D eigenvalue weighted by Gasteiger charge is 1.99. The lowest BCUT2D eigenvalue weighted by atomic mass is 10.2. The Labute approximate surface area is 80.4 Å². The lowest BCUT2D eigenvalue weighted by Crippen LogP contribution is -1.92. The van der Waals surface area contributed by atoms with Gasteiger partial charge in [0.05, 0.1) is 0 Å². The van der Waals surface area contributed by atoms with Gasteiger partial charge in [-0.05, 0) is 12.1 Å². The first kappa shape index (κ1) is 10.2. The average molecular weight is 196 g/mol. The predicted octanol–water partition coefficient (Wildman–Crippen LogP) is 2.09. The van der Waals surface area contributed by atoms with Crippen LogP contribution in [0.3, 0.4) is 0 Å². The number of para-hydroxylation sites is 1. The summed E-state index contributed by atoms with van der Waals surface area (Å²) in [6.45, 7) is -0.933. The van der Waals surface area contributed by atoms with E-state index in [4.69, 9.17) is 5.11 Å². The molecule has 0 spiro atoms. The molecule has 3 nitrogen and oxygen atoms in total. The molecule has 4 heteroatoms. The van der Waals surface area contributed by atoms with Crippen molar-refractivity contribution in [2.24, 2.45) is 0 Å². The minimum atomic E-state index is -1.06. The predicted molar refractivity (Wildman–Crippen MR) is 49.7 cm³/mol. The van der Waals surface area contributed by atoms with Crippen LogP contribution in [0, 0.1) is 0 Å². The number of halogens is 1. The Hall–Kier alpha value is -1.84. The third-order valence-electron chi connectivity index (χ3n) is 1.53. The first-order valence-electron chi connectivity index (χ1n) is 3.93. The fourth-order valence-electron chi connectivity index (χ4n) is 0.970. The van der Waals surface area contributed by atoms with Gasteiger partial charge in [0.15, 0.2) is 0 Å². The number of hydrogen-bond acceptors (Lipinski definition) is 2. The summed E-state index contributed by atoms with van der Waals surface area (Å²) in [5.41, 5.74) is 0.535. The molecule has 0 unspecified atom stereocenters. The zero-order valence-electron chi connectivity index (χ0n) is 7.31. The summed E-state index contributed by atoms with van der Waals surface area (Å²) in [5.74, 6) is -0.729. The van der Waals surface area contributed by atoms with Crippen molar-refractivity contribution in [2.75, 3.05) is 6.86 Å². The van der Waals surface area contributed by atoms with Crippen molar-refractivity contribution in [2.45, 2.75) is 0 Å². The van der Waals surface area contributed by atoms with E-state index in [1.165, 1.54) is 6.08 Å². The SMILES string of the molecule is O=C(O)/C=C/c1ccccc1OCF. The normalized spacial score (nSPS) is 10.4. The molecule has 0 aliphatic carbocycles. The van der Waals surface area contributed by atoms with E-state index >= 15 is 0 Å². The van der Waals surface area contributed by atoms with Crippen molar-refractivity contribution in [3.05, 3.63) is 35.9 Å². The van der Waals surface area contributed by atoms with Gasteiger partial charge >= 0.3 is 5.97 Å². The molecule has 0 bridgehead atoms. The van der Waals surface area contributed by atoms with Crippen LogP contribution >= 0.6 is 0 Å². The number of carboxylic acid groups (broad SMARTS) is 1. The molecule has 0 heterocycles. The number of alkyl halides is 1. The average Bonchev–Trinajstić information content (AvgIpc) is 2.17. The van der Waals surface area contributed by atoms with E-state index < -0.39 is 12.8 Å². The lowest BCUT2D eigenvalue weighted by molar-refractivity contribution is -0.131. The summed E-state index contributed by atoms with van der Waals surface area (Å²) >= 11 is 0. The maximum absolute atomic E-state index is 11.9. The topological polar surface area (TPSA) is 46.5 Å². The third kappa shape index (κ3) is 2.90. The van der Waals surface area contributed by atoms with E-state index in [-0.39, 0.29) is 0 Å². The fourth-order valence-corrected chi connectivity index (χ4v) is 0.970. The van der Waals surface area contributed by atoms with Gasteiger partial charge in [0.1, 0.15) is 5.75 Å². The van der Waals surface area contributed by atoms with E-state index in [2.05, 4.69) is 4.74 Å². The van der Waals surface area contributed by atoms with E-state index in [1.54, 1.807) is 24.3 Å². The maximum Gasteiger partial charge on any atom is 0.328 e. The highest BCUT2D eigenvalue weighted by atomic mass is 19.1. The van der Waals surface area contributed by atoms with Crippen molar-refractivity contribution in [1.82, 2.24) is 0 Å². The Balaban J connectivity index is 2.89. The number of carbonyl (C=O) groups is 1. The molecule has 74 valence electrons. The van der Waals surface area contributed by atoms with Crippen molar-refractivity contribution in [3.8, 4) is 5.75 Å². The lowest BCUT2D eigenvalue weighted by Gasteiger charge is -2.03. The summed E-state index contributed by atoms with van der Waals surface area (Å²) < 4.78 is 16.6. The Morgan fingerprint density at radius 1 is 1.50 bits per heavy atom. The van der Waals surface area contributed by atoms with Gasteiger partial charge in [0.25, 0.3) is 0 Å². The van der Waals surface area contributed by atoms with Crippen LogP contribution in [0.5, 0.6) is 5.75 Å². The second-order valence-corrected chi connectivity index (χ2v) is 2.46. The quantitative estimate of drug-likeness (QED) is 0.750. The molecule has 0 fully saturated rings. The van der Waals surface area contributed by atoms with Crippen LogP contribution in [0.4, 0.5) is 4.39 Å². The largest absolute Gasteiger partial charge is 0.478 e. The standard InChI is InChI=1S/C10H9FO3/c11-7-14-9-4-2-1-3-8(9)5-6-10(12)13/h1-6H,7H2,(H,12,13)/b6-5+. The second-order valence-electron chi connectivity index (χ2n) is 2.46. The summed E-state index contributed by atoms with van der Waals surface area (Å²) in [6.07, 6.45) is 2.33. The van der Waals surface area contributed by atoms with Crippen LogP contribution in [0.1, 0.15) is 5.56 Å². The molecule has 0 radical (unpaired) electrons. The van der Waals surface area contributed by atoms with Gasteiger partial charge in [-0.2, -0.15) is 0 Å². The van der Waals surface area contributed by atoms with E-state index in [0.717, 1.165) is 6.08 Å². The molecule has 1 N–H and O–H groups in total. The molecule has 0 aliphatic heterocycles. The van der Waals surface area contributed by atoms with Gasteiger partial charge in [-0.25, -0.2) is 9.18 Å².